The first-order valence-corrected chi connectivity index (χ1v) is 7.04. The van der Waals surface area contributed by atoms with Gasteiger partial charge in [-0.05, 0) is 30.3 Å². The van der Waals surface area contributed by atoms with Gasteiger partial charge in [0.2, 0.25) is 0 Å². The lowest BCUT2D eigenvalue weighted by Crippen LogP contribution is -2.14. The Kier molecular flexibility index (Phi) is 5.31. The van der Waals surface area contributed by atoms with Crippen LogP contribution in [0, 0.1) is 0 Å². The van der Waals surface area contributed by atoms with Crippen molar-refractivity contribution < 1.29 is 35.9 Å². The first-order chi connectivity index (χ1) is 11.5. The molecule has 0 amide bonds. The van der Waals surface area contributed by atoms with Crippen molar-refractivity contribution in [2.24, 2.45) is 0 Å². The largest absolute Gasteiger partial charge is 0.489 e. The maximum Gasteiger partial charge on any atom is 0.416 e. The van der Waals surface area contributed by atoms with Crippen LogP contribution in [-0.2, 0) is 19.0 Å². The highest BCUT2D eigenvalue weighted by atomic mass is 35.5. The summed E-state index contributed by atoms with van der Waals surface area (Å²) in [7, 11) is 0. The van der Waals surface area contributed by atoms with Crippen LogP contribution < -0.4 is 4.74 Å². The van der Waals surface area contributed by atoms with Crippen LogP contribution in [0.3, 0.4) is 0 Å². The molecule has 0 aliphatic rings. The number of alkyl halides is 6. The zero-order valence-electron chi connectivity index (χ0n) is 12.2. The number of rotatable bonds is 4. The Balaban J connectivity index is 2.33. The van der Waals surface area contributed by atoms with Gasteiger partial charge >= 0.3 is 12.4 Å². The van der Waals surface area contributed by atoms with Crippen molar-refractivity contribution in [3.8, 4) is 5.75 Å². The quantitative estimate of drug-likeness (QED) is 0.495. The Labute approximate surface area is 143 Å². The molecule has 9 heteroatoms. The van der Waals surface area contributed by atoms with Crippen molar-refractivity contribution in [1.29, 1.82) is 0 Å². The van der Waals surface area contributed by atoms with Gasteiger partial charge in [-0.1, -0.05) is 17.7 Å². The molecule has 0 saturated carbocycles. The molecule has 0 aliphatic heterocycles. The van der Waals surface area contributed by atoms with Crippen LogP contribution in [0.5, 0.6) is 5.75 Å². The summed E-state index contributed by atoms with van der Waals surface area (Å²) in [6, 6.07) is 5.12. The Bertz CT molecular complexity index is 783. The SMILES string of the molecule is O=Cc1cc(Cl)cc(OCc2ccc(C(F)(F)F)cc2C(F)(F)F)c1. The standard InChI is InChI=1S/C16H9ClF6O2/c17-12-3-9(7-24)4-13(6-12)25-8-10-1-2-11(15(18,19)20)5-14(10)16(21,22)23/h1-7H,8H2. The van der Waals surface area contributed by atoms with Gasteiger partial charge in [0.15, 0.2) is 0 Å². The summed E-state index contributed by atoms with van der Waals surface area (Å²) in [5.74, 6) is 0.0163. The number of carbonyl (C=O) groups is 1. The van der Waals surface area contributed by atoms with Gasteiger partial charge in [0.25, 0.3) is 0 Å². The van der Waals surface area contributed by atoms with Gasteiger partial charge in [0.1, 0.15) is 18.6 Å². The van der Waals surface area contributed by atoms with Crippen LogP contribution in [0.15, 0.2) is 36.4 Å². The van der Waals surface area contributed by atoms with Gasteiger partial charge in [0, 0.05) is 16.1 Å². The zero-order chi connectivity index (χ0) is 18.8. The third-order valence-corrected chi connectivity index (χ3v) is 3.38. The minimum absolute atomic E-state index is 0.0163. The van der Waals surface area contributed by atoms with Gasteiger partial charge in [-0.25, -0.2) is 0 Å². The van der Waals surface area contributed by atoms with E-state index in [9.17, 15) is 31.1 Å². The Morgan fingerprint density at radius 2 is 1.64 bits per heavy atom. The Morgan fingerprint density at radius 1 is 0.960 bits per heavy atom. The molecule has 2 aromatic carbocycles. The minimum atomic E-state index is -4.98. The first-order valence-electron chi connectivity index (χ1n) is 6.66. The van der Waals surface area contributed by atoms with Gasteiger partial charge in [-0.3, -0.25) is 4.79 Å². The van der Waals surface area contributed by atoms with E-state index < -0.39 is 35.6 Å². The molecule has 0 spiro atoms. The zero-order valence-corrected chi connectivity index (χ0v) is 13.0. The topological polar surface area (TPSA) is 26.3 Å². The van der Waals surface area contributed by atoms with E-state index in [4.69, 9.17) is 16.3 Å². The van der Waals surface area contributed by atoms with E-state index in [0.29, 0.717) is 18.4 Å². The second-order valence-corrected chi connectivity index (χ2v) is 5.43. The van der Waals surface area contributed by atoms with Crippen LogP contribution in [0.25, 0.3) is 0 Å². The molecule has 2 rings (SSSR count). The molecule has 25 heavy (non-hydrogen) atoms. The molecule has 134 valence electrons. The van der Waals surface area contributed by atoms with Crippen molar-refractivity contribution in [1.82, 2.24) is 0 Å². The summed E-state index contributed by atoms with van der Waals surface area (Å²) in [5.41, 5.74) is -3.19. The fourth-order valence-electron chi connectivity index (χ4n) is 2.04. The second kappa shape index (κ2) is 6.95. The predicted molar refractivity (Wildman–Crippen MR) is 77.6 cm³/mol. The molecule has 2 nitrogen and oxygen atoms in total. The van der Waals surface area contributed by atoms with E-state index in [1.165, 1.54) is 18.2 Å². The average molecular weight is 383 g/mol. The van der Waals surface area contributed by atoms with E-state index in [1.54, 1.807) is 0 Å². The van der Waals surface area contributed by atoms with Crippen LogP contribution >= 0.6 is 11.6 Å². The van der Waals surface area contributed by atoms with Crippen molar-refractivity contribution in [3.05, 3.63) is 63.7 Å². The lowest BCUT2D eigenvalue weighted by Gasteiger charge is -2.16. The molecule has 0 N–H and O–H groups in total. The molecule has 0 aliphatic carbocycles. The van der Waals surface area contributed by atoms with Crippen molar-refractivity contribution in [2.75, 3.05) is 0 Å². The summed E-state index contributed by atoms with van der Waals surface area (Å²) in [6.07, 6.45) is -9.41. The highest BCUT2D eigenvalue weighted by molar-refractivity contribution is 6.31. The molecular formula is C16H9ClF6O2. The highest BCUT2D eigenvalue weighted by Crippen LogP contribution is 2.37. The number of halogens is 7. The molecule has 0 bridgehead atoms. The second-order valence-electron chi connectivity index (χ2n) is 4.99. The van der Waals surface area contributed by atoms with E-state index in [2.05, 4.69) is 0 Å². The summed E-state index contributed by atoms with van der Waals surface area (Å²) in [6.45, 7) is -0.647. The van der Waals surface area contributed by atoms with Crippen LogP contribution in [-0.4, -0.2) is 6.29 Å². The molecule has 0 radical (unpaired) electrons. The normalized spacial score (nSPS) is 12.1. The highest BCUT2D eigenvalue weighted by Gasteiger charge is 2.38. The fraction of sp³-hybridized carbons (Fsp3) is 0.188. The van der Waals surface area contributed by atoms with Crippen molar-refractivity contribution in [3.63, 3.8) is 0 Å². The van der Waals surface area contributed by atoms with Gasteiger partial charge in [-0.2, -0.15) is 26.3 Å². The smallest absolute Gasteiger partial charge is 0.416 e. The van der Waals surface area contributed by atoms with Gasteiger partial charge < -0.3 is 4.74 Å². The number of benzene rings is 2. The first kappa shape index (κ1) is 19.1. The number of ether oxygens (including phenoxy) is 1. The fourth-order valence-corrected chi connectivity index (χ4v) is 2.27. The molecule has 0 unspecified atom stereocenters. The summed E-state index contributed by atoms with van der Waals surface area (Å²) < 4.78 is 82.1. The lowest BCUT2D eigenvalue weighted by atomic mass is 10.0. The predicted octanol–water partition coefficient (Wildman–Crippen LogP) is 5.77. The van der Waals surface area contributed by atoms with Crippen molar-refractivity contribution in [2.45, 2.75) is 19.0 Å². The van der Waals surface area contributed by atoms with Gasteiger partial charge in [-0.15, -0.1) is 0 Å². The molecule has 0 aromatic heterocycles. The molecule has 0 fully saturated rings. The summed E-state index contributed by atoms with van der Waals surface area (Å²) in [4.78, 5) is 10.7. The lowest BCUT2D eigenvalue weighted by molar-refractivity contribution is -0.143. The van der Waals surface area contributed by atoms with Crippen molar-refractivity contribution >= 4 is 17.9 Å². The third-order valence-electron chi connectivity index (χ3n) is 3.17. The Hall–Kier alpha value is -2.22. The Morgan fingerprint density at radius 3 is 2.20 bits per heavy atom. The molecule has 2 aromatic rings. The molecular weight excluding hydrogens is 374 g/mol. The molecule has 0 saturated heterocycles. The number of hydrogen-bond donors (Lipinski definition) is 0. The summed E-state index contributed by atoms with van der Waals surface area (Å²) >= 11 is 5.74. The number of aldehydes is 1. The third kappa shape index (κ3) is 4.88. The molecule has 0 heterocycles. The summed E-state index contributed by atoms with van der Waals surface area (Å²) in [5, 5.41) is 0.128. The van der Waals surface area contributed by atoms with Gasteiger partial charge in [0.05, 0.1) is 11.1 Å². The van der Waals surface area contributed by atoms with E-state index in [1.807, 2.05) is 0 Å². The van der Waals surface area contributed by atoms with E-state index in [-0.39, 0.29) is 22.4 Å². The number of hydrogen-bond acceptors (Lipinski definition) is 2. The van der Waals surface area contributed by atoms with E-state index in [0.717, 1.165) is 0 Å². The van der Waals surface area contributed by atoms with Crippen LogP contribution in [0.2, 0.25) is 5.02 Å². The van der Waals surface area contributed by atoms with Crippen LogP contribution in [0.4, 0.5) is 26.3 Å². The van der Waals surface area contributed by atoms with E-state index >= 15 is 0 Å². The average Bonchev–Trinajstić information content (AvgIpc) is 2.50. The number of carbonyl (C=O) groups excluding carboxylic acids is 1. The monoisotopic (exact) mass is 382 g/mol. The maximum atomic E-state index is 13.0. The minimum Gasteiger partial charge on any atom is -0.489 e. The molecule has 0 atom stereocenters. The van der Waals surface area contributed by atoms with Crippen LogP contribution in [0.1, 0.15) is 27.0 Å². The maximum absolute atomic E-state index is 13.0.